The van der Waals surface area contributed by atoms with Crippen LogP contribution in [-0.2, 0) is 17.9 Å². The molecule has 0 aliphatic carbocycles. The number of carbonyl (C=O) groups is 1. The summed E-state index contributed by atoms with van der Waals surface area (Å²) in [7, 11) is 0. The lowest BCUT2D eigenvalue weighted by Gasteiger charge is -2.21. The van der Waals surface area contributed by atoms with Crippen molar-refractivity contribution >= 4 is 17.7 Å². The van der Waals surface area contributed by atoms with Crippen molar-refractivity contribution in [2.75, 3.05) is 26.2 Å². The monoisotopic (exact) mass is 445 g/mol. The summed E-state index contributed by atoms with van der Waals surface area (Å²) in [6, 6.07) is 7.34. The number of rotatable bonds is 5. The highest BCUT2D eigenvalue weighted by Gasteiger charge is 2.23. The molecule has 164 valence electrons. The lowest BCUT2D eigenvalue weighted by atomic mass is 10.2. The molecule has 0 N–H and O–H groups in total. The maximum absolute atomic E-state index is 12.5. The normalized spacial score (nSPS) is 15.1. The van der Waals surface area contributed by atoms with Crippen molar-refractivity contribution in [1.82, 2.24) is 25.1 Å². The van der Waals surface area contributed by atoms with Gasteiger partial charge >= 0.3 is 6.09 Å². The van der Waals surface area contributed by atoms with Gasteiger partial charge in [0.1, 0.15) is 17.9 Å². The summed E-state index contributed by atoms with van der Waals surface area (Å²) in [6.07, 6.45) is 0.498. The molecule has 0 saturated carbocycles. The van der Waals surface area contributed by atoms with Crippen molar-refractivity contribution in [2.45, 2.75) is 33.4 Å². The third kappa shape index (κ3) is 5.05. The molecule has 0 bridgehead atoms. The van der Waals surface area contributed by atoms with Gasteiger partial charge in [0, 0.05) is 36.8 Å². The maximum Gasteiger partial charge on any atom is 0.410 e. The summed E-state index contributed by atoms with van der Waals surface area (Å²) in [6.45, 7) is 7.06. The standard InChI is InChI=1S/C21H24ClN5O4/c1-14-19(15(2)30-24-14)20-23-18(25-31-20)12-26-8-5-9-27(11-10-26)21(28)29-13-16-6-3-4-7-17(16)22/h3-4,6-7H,5,8-13H2,1-2H3. The Labute approximate surface area is 184 Å². The fraction of sp³-hybridized carbons (Fsp3) is 0.429. The number of aryl methyl sites for hydroxylation is 2. The summed E-state index contributed by atoms with van der Waals surface area (Å²) in [5.74, 6) is 1.64. The van der Waals surface area contributed by atoms with Gasteiger partial charge in [-0.15, -0.1) is 0 Å². The van der Waals surface area contributed by atoms with Crippen molar-refractivity contribution in [2.24, 2.45) is 0 Å². The lowest BCUT2D eigenvalue weighted by Crippen LogP contribution is -2.35. The molecule has 1 fully saturated rings. The first-order valence-corrected chi connectivity index (χ1v) is 10.5. The van der Waals surface area contributed by atoms with Crippen LogP contribution in [0.15, 0.2) is 33.3 Å². The van der Waals surface area contributed by atoms with E-state index in [1.807, 2.05) is 32.0 Å². The van der Waals surface area contributed by atoms with Crippen molar-refractivity contribution < 1.29 is 18.6 Å². The molecule has 1 aromatic carbocycles. The Morgan fingerprint density at radius 3 is 2.74 bits per heavy atom. The number of carbonyl (C=O) groups excluding carboxylic acids is 1. The van der Waals surface area contributed by atoms with Gasteiger partial charge in [-0.2, -0.15) is 4.98 Å². The van der Waals surface area contributed by atoms with Crippen LogP contribution < -0.4 is 0 Å². The largest absolute Gasteiger partial charge is 0.444 e. The molecule has 2 aromatic heterocycles. The highest BCUT2D eigenvalue weighted by atomic mass is 35.5. The van der Waals surface area contributed by atoms with Gasteiger partial charge in [0.2, 0.25) is 0 Å². The Hall–Kier alpha value is -2.91. The van der Waals surface area contributed by atoms with Crippen LogP contribution in [0.2, 0.25) is 5.02 Å². The predicted molar refractivity (Wildman–Crippen MR) is 112 cm³/mol. The molecule has 1 aliphatic rings. The smallest absolute Gasteiger partial charge is 0.410 e. The molecule has 3 aromatic rings. The Balaban J connectivity index is 1.30. The second kappa shape index (κ2) is 9.49. The third-order valence-corrected chi connectivity index (χ3v) is 5.60. The van der Waals surface area contributed by atoms with Crippen LogP contribution in [-0.4, -0.2) is 57.4 Å². The van der Waals surface area contributed by atoms with Gasteiger partial charge in [0.05, 0.1) is 12.2 Å². The van der Waals surface area contributed by atoms with E-state index in [1.54, 1.807) is 11.0 Å². The number of benzene rings is 1. The van der Waals surface area contributed by atoms with E-state index in [9.17, 15) is 4.79 Å². The Morgan fingerprint density at radius 2 is 1.97 bits per heavy atom. The summed E-state index contributed by atoms with van der Waals surface area (Å²) >= 11 is 6.13. The zero-order valence-electron chi connectivity index (χ0n) is 17.5. The Bertz CT molecular complexity index is 1030. The van der Waals surface area contributed by atoms with Crippen molar-refractivity contribution in [3.05, 3.63) is 52.1 Å². The summed E-state index contributed by atoms with van der Waals surface area (Å²) < 4.78 is 16.0. The number of hydrogen-bond donors (Lipinski definition) is 0. The molecule has 1 saturated heterocycles. The van der Waals surface area contributed by atoms with E-state index >= 15 is 0 Å². The first-order valence-electron chi connectivity index (χ1n) is 10.1. The minimum atomic E-state index is -0.331. The van der Waals surface area contributed by atoms with E-state index in [0.29, 0.717) is 54.4 Å². The molecule has 3 heterocycles. The van der Waals surface area contributed by atoms with Gasteiger partial charge in [0.25, 0.3) is 5.89 Å². The van der Waals surface area contributed by atoms with Gasteiger partial charge in [-0.05, 0) is 26.3 Å². The van der Waals surface area contributed by atoms with E-state index in [1.165, 1.54) is 0 Å². The van der Waals surface area contributed by atoms with Gasteiger partial charge in [-0.3, -0.25) is 4.90 Å². The molecule has 0 spiro atoms. The van der Waals surface area contributed by atoms with Crippen LogP contribution in [0.5, 0.6) is 0 Å². The quantitative estimate of drug-likeness (QED) is 0.584. The molecule has 0 radical (unpaired) electrons. The zero-order chi connectivity index (χ0) is 21.8. The maximum atomic E-state index is 12.5. The lowest BCUT2D eigenvalue weighted by molar-refractivity contribution is 0.0972. The highest BCUT2D eigenvalue weighted by molar-refractivity contribution is 6.31. The second-order valence-electron chi connectivity index (χ2n) is 7.48. The molecular formula is C21H24ClN5O4. The zero-order valence-corrected chi connectivity index (χ0v) is 18.3. The number of amides is 1. The first kappa shape index (κ1) is 21.3. The van der Waals surface area contributed by atoms with E-state index < -0.39 is 0 Å². The molecular weight excluding hydrogens is 422 g/mol. The van der Waals surface area contributed by atoms with Gasteiger partial charge < -0.3 is 18.7 Å². The molecule has 9 nitrogen and oxygen atoms in total. The number of ether oxygens (including phenoxy) is 1. The fourth-order valence-corrected chi connectivity index (χ4v) is 3.76. The van der Waals surface area contributed by atoms with Crippen molar-refractivity contribution in [1.29, 1.82) is 0 Å². The Kier molecular flexibility index (Phi) is 6.53. The number of nitrogens with zero attached hydrogens (tertiary/aromatic N) is 5. The number of hydrogen-bond acceptors (Lipinski definition) is 8. The van der Waals surface area contributed by atoms with Crippen LogP contribution >= 0.6 is 11.6 Å². The summed E-state index contributed by atoms with van der Waals surface area (Å²) in [5, 5.41) is 8.60. The molecule has 31 heavy (non-hydrogen) atoms. The van der Waals surface area contributed by atoms with Gasteiger partial charge in [-0.1, -0.05) is 40.1 Å². The number of aromatic nitrogens is 3. The average Bonchev–Trinajstić information content (AvgIpc) is 3.25. The molecule has 4 rings (SSSR count). The SMILES string of the molecule is Cc1noc(C)c1-c1nc(CN2CCCN(C(=O)OCc3ccccc3Cl)CC2)no1. The van der Waals surface area contributed by atoms with Crippen LogP contribution in [0.3, 0.4) is 0 Å². The van der Waals surface area contributed by atoms with Crippen LogP contribution in [0, 0.1) is 13.8 Å². The topological polar surface area (TPSA) is 97.7 Å². The van der Waals surface area contributed by atoms with Crippen LogP contribution in [0.1, 0.15) is 29.3 Å². The minimum Gasteiger partial charge on any atom is -0.444 e. The van der Waals surface area contributed by atoms with E-state index in [0.717, 1.165) is 24.1 Å². The molecule has 1 aliphatic heterocycles. The average molecular weight is 446 g/mol. The summed E-state index contributed by atoms with van der Waals surface area (Å²) in [4.78, 5) is 20.9. The van der Waals surface area contributed by atoms with E-state index in [-0.39, 0.29) is 12.7 Å². The first-order chi connectivity index (χ1) is 15.0. The molecule has 1 amide bonds. The number of halogens is 1. The summed E-state index contributed by atoms with van der Waals surface area (Å²) in [5.41, 5.74) is 2.25. The minimum absolute atomic E-state index is 0.159. The molecule has 0 atom stereocenters. The predicted octanol–water partition coefficient (Wildman–Crippen LogP) is 3.84. The van der Waals surface area contributed by atoms with Crippen molar-refractivity contribution in [3.8, 4) is 11.5 Å². The van der Waals surface area contributed by atoms with Crippen molar-refractivity contribution in [3.63, 3.8) is 0 Å². The highest BCUT2D eigenvalue weighted by Crippen LogP contribution is 2.25. The molecule has 0 unspecified atom stereocenters. The van der Waals surface area contributed by atoms with E-state index in [4.69, 9.17) is 25.4 Å². The van der Waals surface area contributed by atoms with Crippen LogP contribution in [0.4, 0.5) is 4.79 Å². The fourth-order valence-electron chi connectivity index (χ4n) is 3.57. The molecule has 10 heteroatoms. The second-order valence-corrected chi connectivity index (χ2v) is 7.88. The van der Waals surface area contributed by atoms with Gasteiger partial charge in [-0.25, -0.2) is 4.79 Å². The van der Waals surface area contributed by atoms with E-state index in [2.05, 4.69) is 20.2 Å². The van der Waals surface area contributed by atoms with Gasteiger partial charge in [0.15, 0.2) is 5.82 Å². The Morgan fingerprint density at radius 1 is 1.13 bits per heavy atom. The third-order valence-electron chi connectivity index (χ3n) is 5.24. The van der Waals surface area contributed by atoms with Crippen LogP contribution in [0.25, 0.3) is 11.5 Å².